The lowest BCUT2D eigenvalue weighted by molar-refractivity contribution is -0.0143. The predicted molar refractivity (Wildman–Crippen MR) is 119 cm³/mol. The van der Waals surface area contributed by atoms with E-state index in [1.165, 1.54) is 30.1 Å². The number of nitrogens with zero attached hydrogens (tertiary/aromatic N) is 4. The first kappa shape index (κ1) is 24.6. The number of carbonyl (C=O) groups is 2. The van der Waals surface area contributed by atoms with Gasteiger partial charge in [0.1, 0.15) is 5.60 Å². The van der Waals surface area contributed by atoms with Gasteiger partial charge in [-0.1, -0.05) is 35.5 Å². The van der Waals surface area contributed by atoms with E-state index in [2.05, 4.69) is 25.9 Å². The molecule has 34 heavy (non-hydrogen) atoms. The fourth-order valence-corrected chi connectivity index (χ4v) is 2.85. The van der Waals surface area contributed by atoms with Gasteiger partial charge in [0.2, 0.25) is 0 Å². The number of hydrogen-bond acceptors (Lipinski definition) is 7. The van der Waals surface area contributed by atoms with Crippen LogP contribution in [0.25, 0.3) is 11.4 Å². The number of aryl methyl sites for hydroxylation is 1. The fourth-order valence-electron chi connectivity index (χ4n) is 2.85. The van der Waals surface area contributed by atoms with Crippen LogP contribution >= 0.6 is 0 Å². The summed E-state index contributed by atoms with van der Waals surface area (Å²) >= 11 is 0. The Labute approximate surface area is 194 Å². The Bertz CT molecular complexity index is 1130. The van der Waals surface area contributed by atoms with E-state index < -0.39 is 30.3 Å². The smallest absolute Gasteiger partial charge is 0.413 e. The number of benzene rings is 1. The van der Waals surface area contributed by atoms with Gasteiger partial charge in [0.25, 0.3) is 6.43 Å². The molecule has 0 radical (unpaired) electrons. The van der Waals surface area contributed by atoms with Crippen LogP contribution in [0.1, 0.15) is 32.4 Å². The van der Waals surface area contributed by atoms with Crippen LogP contribution in [-0.2, 0) is 16.5 Å². The molecule has 1 aromatic carbocycles. The zero-order chi connectivity index (χ0) is 24.9. The minimum Gasteiger partial charge on any atom is -0.444 e. The Morgan fingerprint density at radius 1 is 1.03 bits per heavy atom. The topological polar surface area (TPSA) is 120 Å². The molecule has 0 fully saturated rings. The number of aromatic nitrogens is 4. The summed E-state index contributed by atoms with van der Waals surface area (Å²) in [6.45, 7) is 5.22. The van der Waals surface area contributed by atoms with Gasteiger partial charge < -0.3 is 9.47 Å². The lowest BCUT2D eigenvalue weighted by atomic mass is 10.1. The van der Waals surface area contributed by atoms with Crippen molar-refractivity contribution in [3.63, 3.8) is 0 Å². The Morgan fingerprint density at radius 2 is 1.74 bits per heavy atom. The van der Waals surface area contributed by atoms with E-state index in [1.54, 1.807) is 51.1 Å². The molecule has 3 rings (SSSR count). The normalized spacial score (nSPS) is 12.2. The van der Waals surface area contributed by atoms with E-state index in [1.807, 2.05) is 0 Å². The van der Waals surface area contributed by atoms with Gasteiger partial charge in [-0.3, -0.25) is 15.6 Å². The highest BCUT2D eigenvalue weighted by Gasteiger charge is 2.28. The number of halogens is 2. The summed E-state index contributed by atoms with van der Waals surface area (Å²) in [5.41, 5.74) is 0.364. The highest BCUT2D eigenvalue weighted by Crippen LogP contribution is 2.27. The van der Waals surface area contributed by atoms with Crippen LogP contribution in [-0.4, -0.2) is 44.2 Å². The van der Waals surface area contributed by atoms with Crippen LogP contribution < -0.4 is 10.6 Å². The molecule has 1 atom stereocenters. The summed E-state index contributed by atoms with van der Waals surface area (Å²) in [6, 6.07) is 10.8. The molecule has 2 N–H and O–H groups in total. The summed E-state index contributed by atoms with van der Waals surface area (Å²) in [6.07, 6.45) is -5.05. The zero-order valence-corrected chi connectivity index (χ0v) is 19.0. The van der Waals surface area contributed by atoms with Gasteiger partial charge in [-0.25, -0.2) is 23.1 Å². The van der Waals surface area contributed by atoms with Crippen LogP contribution in [0.3, 0.4) is 0 Å². The Kier molecular flexibility index (Phi) is 7.39. The first-order chi connectivity index (χ1) is 16.0. The lowest BCUT2D eigenvalue weighted by Crippen LogP contribution is -2.27. The fraction of sp³-hybridized carbons (Fsp3) is 0.318. The second-order valence-corrected chi connectivity index (χ2v) is 8.17. The molecule has 2 heterocycles. The Balaban J connectivity index is 1.72. The van der Waals surface area contributed by atoms with Crippen molar-refractivity contribution in [2.75, 3.05) is 10.6 Å². The molecule has 0 aliphatic carbocycles. The van der Waals surface area contributed by atoms with E-state index in [0.29, 0.717) is 11.4 Å². The molecule has 0 aliphatic rings. The third-order valence-electron chi connectivity index (χ3n) is 4.29. The molecule has 0 aliphatic heterocycles. The maximum Gasteiger partial charge on any atom is 0.413 e. The number of anilines is 2. The first-order valence-corrected chi connectivity index (χ1v) is 10.2. The molecule has 180 valence electrons. The van der Waals surface area contributed by atoms with Gasteiger partial charge in [0, 0.05) is 7.05 Å². The van der Waals surface area contributed by atoms with Crippen molar-refractivity contribution in [2.45, 2.75) is 38.9 Å². The first-order valence-electron chi connectivity index (χ1n) is 10.2. The summed E-state index contributed by atoms with van der Waals surface area (Å²) in [7, 11) is 1.51. The van der Waals surface area contributed by atoms with Gasteiger partial charge >= 0.3 is 12.2 Å². The Morgan fingerprint density at radius 3 is 2.32 bits per heavy atom. The van der Waals surface area contributed by atoms with Crippen molar-refractivity contribution in [1.29, 1.82) is 0 Å². The number of ether oxygens (including phenoxy) is 2. The molecule has 0 unspecified atom stereocenters. The van der Waals surface area contributed by atoms with E-state index in [0.717, 1.165) is 0 Å². The van der Waals surface area contributed by atoms with Gasteiger partial charge in [-0.15, -0.1) is 5.10 Å². The van der Waals surface area contributed by atoms with Crippen LogP contribution in [0.15, 0.2) is 48.7 Å². The number of carbonyl (C=O) groups excluding carboxylic acids is 2. The van der Waals surface area contributed by atoms with E-state index >= 15 is 0 Å². The van der Waals surface area contributed by atoms with Gasteiger partial charge in [-0.05, 0) is 38.5 Å². The van der Waals surface area contributed by atoms with E-state index in [-0.39, 0.29) is 17.1 Å². The molecule has 12 heteroatoms. The quantitative estimate of drug-likeness (QED) is 0.527. The largest absolute Gasteiger partial charge is 0.444 e. The van der Waals surface area contributed by atoms with Gasteiger partial charge in [-0.2, -0.15) is 0 Å². The average Bonchev–Trinajstić information content (AvgIpc) is 3.11. The molecule has 0 bridgehead atoms. The van der Waals surface area contributed by atoms with Crippen molar-refractivity contribution < 1.29 is 27.8 Å². The summed E-state index contributed by atoms with van der Waals surface area (Å²) < 4.78 is 38.4. The highest BCUT2D eigenvalue weighted by molar-refractivity contribution is 5.88. The third-order valence-corrected chi connectivity index (χ3v) is 4.29. The molecule has 0 saturated heterocycles. The summed E-state index contributed by atoms with van der Waals surface area (Å²) in [5, 5.41) is 12.8. The van der Waals surface area contributed by atoms with Crippen molar-refractivity contribution in [3.8, 4) is 11.4 Å². The minimum atomic E-state index is -2.93. The standard InChI is InChI=1S/C22H24F2N6O4/c1-22(2,3)34-21(32)26-14-10-11-15(25-12-14)16-19(30(4)29-28-16)27-20(31)33-17(18(23)24)13-8-6-5-7-9-13/h5-12,17-18H,1-4H3,(H,26,32)(H,27,31)/t17-/m0/s1. The number of hydrogen-bond donors (Lipinski definition) is 2. The van der Waals surface area contributed by atoms with Crippen molar-refractivity contribution in [3.05, 3.63) is 54.2 Å². The number of rotatable bonds is 6. The maximum absolute atomic E-state index is 13.5. The zero-order valence-electron chi connectivity index (χ0n) is 19.0. The second kappa shape index (κ2) is 10.2. The molecule has 0 spiro atoms. The molecule has 0 saturated carbocycles. The number of pyridine rings is 1. The lowest BCUT2D eigenvalue weighted by Gasteiger charge is -2.19. The minimum absolute atomic E-state index is 0.0893. The van der Waals surface area contributed by atoms with E-state index in [4.69, 9.17) is 9.47 Å². The van der Waals surface area contributed by atoms with E-state index in [9.17, 15) is 18.4 Å². The monoisotopic (exact) mass is 474 g/mol. The Hall–Kier alpha value is -4.09. The molecule has 2 amide bonds. The average molecular weight is 474 g/mol. The number of nitrogens with one attached hydrogen (secondary N) is 2. The van der Waals surface area contributed by atoms with Crippen LogP contribution in [0.4, 0.5) is 29.9 Å². The molecule has 3 aromatic rings. The van der Waals surface area contributed by atoms with Crippen molar-refractivity contribution in [1.82, 2.24) is 20.0 Å². The number of amides is 2. The molecule has 10 nitrogen and oxygen atoms in total. The van der Waals surface area contributed by atoms with Crippen LogP contribution in [0.5, 0.6) is 0 Å². The van der Waals surface area contributed by atoms with Crippen LogP contribution in [0, 0.1) is 0 Å². The maximum atomic E-state index is 13.5. The van der Waals surface area contributed by atoms with Crippen molar-refractivity contribution in [2.24, 2.45) is 7.05 Å². The molecular formula is C22H24F2N6O4. The van der Waals surface area contributed by atoms with Crippen LogP contribution in [0.2, 0.25) is 0 Å². The SMILES string of the molecule is Cn1nnc(-c2ccc(NC(=O)OC(C)(C)C)cn2)c1NC(=O)O[C@@H](c1ccccc1)C(F)F. The van der Waals surface area contributed by atoms with Gasteiger partial charge in [0.15, 0.2) is 17.6 Å². The molecular weight excluding hydrogens is 450 g/mol. The third kappa shape index (κ3) is 6.47. The highest BCUT2D eigenvalue weighted by atomic mass is 19.3. The summed E-state index contributed by atoms with van der Waals surface area (Å²) in [5.74, 6) is 0.0893. The molecule has 2 aromatic heterocycles. The predicted octanol–water partition coefficient (Wildman–Crippen LogP) is 4.78. The van der Waals surface area contributed by atoms with Crippen molar-refractivity contribution >= 4 is 23.7 Å². The summed E-state index contributed by atoms with van der Waals surface area (Å²) in [4.78, 5) is 28.5. The van der Waals surface area contributed by atoms with Gasteiger partial charge in [0.05, 0.1) is 17.6 Å². The number of alkyl halides is 2. The second-order valence-electron chi connectivity index (χ2n) is 8.17.